The molecule has 1 aromatic rings. The second-order valence-electron chi connectivity index (χ2n) is 9.32. The number of carbonyl (C=O) groups is 3. The van der Waals surface area contributed by atoms with Gasteiger partial charge in [-0.1, -0.05) is 0 Å². The van der Waals surface area contributed by atoms with Gasteiger partial charge in [0.2, 0.25) is 11.7 Å². The minimum absolute atomic E-state index is 0.0582. The third-order valence-electron chi connectivity index (χ3n) is 7.22. The molecule has 0 aliphatic heterocycles. The van der Waals surface area contributed by atoms with Crippen molar-refractivity contribution in [2.45, 2.75) is 37.6 Å². The van der Waals surface area contributed by atoms with Crippen molar-refractivity contribution >= 4 is 28.9 Å². The molecular formula is C23H28N2O8. The standard InChI is InChI=1S/C23H28N2O8/c1-25(2)13-6-10(8-33-3)18(27)16-12(13)5-9-4-11-7-14(26)17(22(24)31)21(30)23(11,32)20(29)15(9)19(16)28/h6,9,11,14,17,26-28,32H,4-5,7-8H2,1-3H3,(H2,24,31)/t9-,11+,14?,17?,23+/m1/s1. The summed E-state index contributed by atoms with van der Waals surface area (Å²) in [5.74, 6) is -7.25. The normalized spacial score (nSPS) is 31.1. The van der Waals surface area contributed by atoms with E-state index in [0.29, 0.717) is 11.1 Å². The van der Waals surface area contributed by atoms with E-state index in [1.807, 2.05) is 19.0 Å². The van der Waals surface area contributed by atoms with Crippen LogP contribution in [0.2, 0.25) is 0 Å². The molecule has 0 bridgehead atoms. The Hall–Kier alpha value is -2.95. The van der Waals surface area contributed by atoms with Gasteiger partial charge < -0.3 is 35.8 Å². The fourth-order valence-corrected chi connectivity index (χ4v) is 5.69. The summed E-state index contributed by atoms with van der Waals surface area (Å²) in [5.41, 5.74) is 4.32. The van der Waals surface area contributed by atoms with E-state index < -0.39 is 52.7 Å². The number of hydrogen-bond donors (Lipinski definition) is 5. The van der Waals surface area contributed by atoms with Crippen molar-refractivity contribution in [2.75, 3.05) is 26.1 Å². The summed E-state index contributed by atoms with van der Waals surface area (Å²) < 4.78 is 5.15. The van der Waals surface area contributed by atoms with Gasteiger partial charge in [0.25, 0.3) is 0 Å². The number of Topliss-reactive ketones (excluding diaryl/α,β-unsaturated/α-hetero) is 2. The van der Waals surface area contributed by atoms with E-state index in [2.05, 4.69) is 0 Å². The number of rotatable bonds is 4. The number of phenolic OH excluding ortho intramolecular Hbond substituents is 1. The maximum atomic E-state index is 13.5. The molecule has 0 aromatic heterocycles. The second kappa shape index (κ2) is 7.82. The fourth-order valence-electron chi connectivity index (χ4n) is 5.69. The average molecular weight is 460 g/mol. The summed E-state index contributed by atoms with van der Waals surface area (Å²) in [6, 6.07) is 1.75. The van der Waals surface area contributed by atoms with Crippen LogP contribution in [0.3, 0.4) is 0 Å². The number of fused-ring (bicyclic) bond motifs is 3. The summed E-state index contributed by atoms with van der Waals surface area (Å²) in [5, 5.41) is 43.7. The monoisotopic (exact) mass is 460 g/mol. The van der Waals surface area contributed by atoms with Crippen LogP contribution in [0.5, 0.6) is 5.75 Å². The van der Waals surface area contributed by atoms with Crippen LogP contribution in [0.25, 0.3) is 5.76 Å². The van der Waals surface area contributed by atoms with Crippen molar-refractivity contribution < 1.29 is 39.5 Å². The molecule has 10 nitrogen and oxygen atoms in total. The molecule has 33 heavy (non-hydrogen) atoms. The lowest BCUT2D eigenvalue weighted by Gasteiger charge is -2.48. The average Bonchev–Trinajstić information content (AvgIpc) is 2.72. The maximum Gasteiger partial charge on any atom is 0.230 e. The molecule has 5 atom stereocenters. The van der Waals surface area contributed by atoms with Crippen molar-refractivity contribution in [1.29, 1.82) is 0 Å². The summed E-state index contributed by atoms with van der Waals surface area (Å²) in [7, 11) is 5.08. The Morgan fingerprint density at radius 2 is 1.94 bits per heavy atom. The van der Waals surface area contributed by atoms with Crippen molar-refractivity contribution in [3.8, 4) is 5.75 Å². The number of aromatic hydroxyl groups is 1. The van der Waals surface area contributed by atoms with Crippen LogP contribution in [0.15, 0.2) is 11.6 Å². The number of ether oxygens (including phenoxy) is 1. The highest BCUT2D eigenvalue weighted by atomic mass is 16.5. The van der Waals surface area contributed by atoms with E-state index >= 15 is 0 Å². The zero-order valence-electron chi connectivity index (χ0n) is 18.7. The number of benzene rings is 1. The maximum absolute atomic E-state index is 13.5. The van der Waals surface area contributed by atoms with Gasteiger partial charge in [0.1, 0.15) is 17.4 Å². The third-order valence-corrected chi connectivity index (χ3v) is 7.22. The van der Waals surface area contributed by atoms with Gasteiger partial charge in [-0.3, -0.25) is 14.4 Å². The van der Waals surface area contributed by atoms with E-state index in [0.717, 1.165) is 5.69 Å². The Bertz CT molecular complexity index is 1090. The first-order valence-electron chi connectivity index (χ1n) is 10.7. The molecule has 0 spiro atoms. The zero-order valence-corrected chi connectivity index (χ0v) is 18.7. The topological polar surface area (TPSA) is 171 Å². The Balaban J connectivity index is 1.91. The highest BCUT2D eigenvalue weighted by Gasteiger charge is 2.64. The molecule has 4 rings (SSSR count). The summed E-state index contributed by atoms with van der Waals surface area (Å²) in [4.78, 5) is 40.1. The molecule has 6 N–H and O–H groups in total. The molecule has 3 aliphatic rings. The number of amides is 1. The van der Waals surface area contributed by atoms with Crippen LogP contribution in [0.4, 0.5) is 5.69 Å². The van der Waals surface area contributed by atoms with Crippen molar-refractivity contribution in [3.63, 3.8) is 0 Å². The van der Waals surface area contributed by atoms with Gasteiger partial charge >= 0.3 is 0 Å². The van der Waals surface area contributed by atoms with Gasteiger partial charge in [0.15, 0.2) is 11.4 Å². The number of anilines is 1. The van der Waals surface area contributed by atoms with Crippen LogP contribution < -0.4 is 10.6 Å². The van der Waals surface area contributed by atoms with Crippen LogP contribution in [-0.2, 0) is 32.1 Å². The Morgan fingerprint density at radius 3 is 2.52 bits per heavy atom. The first-order valence-corrected chi connectivity index (χ1v) is 10.7. The molecule has 0 radical (unpaired) electrons. The van der Waals surface area contributed by atoms with E-state index in [4.69, 9.17) is 10.5 Å². The van der Waals surface area contributed by atoms with E-state index in [-0.39, 0.29) is 42.8 Å². The molecule has 2 unspecified atom stereocenters. The van der Waals surface area contributed by atoms with Gasteiger partial charge in [0.05, 0.1) is 18.3 Å². The van der Waals surface area contributed by atoms with Crippen LogP contribution in [-0.4, -0.2) is 70.8 Å². The molecule has 1 amide bonds. The number of aliphatic hydroxyl groups is 3. The number of methoxy groups -OCH3 is 1. The van der Waals surface area contributed by atoms with E-state index in [1.165, 1.54) is 7.11 Å². The van der Waals surface area contributed by atoms with Gasteiger partial charge in [-0.25, -0.2) is 0 Å². The van der Waals surface area contributed by atoms with Crippen molar-refractivity contribution in [3.05, 3.63) is 28.3 Å². The number of primary amides is 1. The van der Waals surface area contributed by atoms with E-state index in [1.54, 1.807) is 6.07 Å². The molecule has 2 saturated carbocycles. The van der Waals surface area contributed by atoms with Gasteiger partial charge in [-0.05, 0) is 36.8 Å². The van der Waals surface area contributed by atoms with E-state index in [9.17, 15) is 34.8 Å². The minimum Gasteiger partial charge on any atom is -0.507 e. The number of hydrogen-bond acceptors (Lipinski definition) is 9. The molecule has 0 saturated heterocycles. The number of carbonyl (C=O) groups excluding carboxylic acids is 3. The number of ketones is 2. The molecule has 2 fully saturated rings. The Labute approximate surface area is 190 Å². The molecule has 10 heteroatoms. The number of aliphatic hydroxyl groups excluding tert-OH is 2. The lowest BCUT2D eigenvalue weighted by molar-refractivity contribution is -0.174. The minimum atomic E-state index is -2.58. The molecule has 1 aromatic carbocycles. The smallest absolute Gasteiger partial charge is 0.230 e. The van der Waals surface area contributed by atoms with Crippen LogP contribution in [0, 0.1) is 17.8 Å². The summed E-state index contributed by atoms with van der Waals surface area (Å²) in [6.45, 7) is 0.0582. The van der Waals surface area contributed by atoms with Crippen LogP contribution in [0.1, 0.15) is 29.5 Å². The highest BCUT2D eigenvalue weighted by Crippen LogP contribution is 2.53. The molecular weight excluding hydrogens is 432 g/mol. The molecule has 178 valence electrons. The SMILES string of the molecule is COCc1cc(N(C)C)c2c(c1O)C(O)=C1C(=O)[C@]3(O)C(=O)C(C(N)=O)C(O)C[C@@H]3C[C@@H]1C2. The summed E-state index contributed by atoms with van der Waals surface area (Å²) >= 11 is 0. The second-order valence-corrected chi connectivity index (χ2v) is 9.32. The Morgan fingerprint density at radius 1 is 1.27 bits per heavy atom. The number of nitrogens with zero attached hydrogens (tertiary/aromatic N) is 1. The number of nitrogens with two attached hydrogens (primary N) is 1. The predicted octanol–water partition coefficient (Wildman–Crippen LogP) is -0.199. The predicted molar refractivity (Wildman–Crippen MR) is 116 cm³/mol. The lowest BCUT2D eigenvalue weighted by atomic mass is 9.56. The zero-order chi connectivity index (χ0) is 24.4. The highest BCUT2D eigenvalue weighted by molar-refractivity contribution is 6.24. The third kappa shape index (κ3) is 3.16. The van der Waals surface area contributed by atoms with Gasteiger partial charge in [0, 0.05) is 43.9 Å². The number of phenols is 1. The summed E-state index contributed by atoms with van der Waals surface area (Å²) in [6.07, 6.45) is -1.16. The molecule has 3 aliphatic carbocycles. The van der Waals surface area contributed by atoms with Gasteiger partial charge in [-0.2, -0.15) is 0 Å². The first-order chi connectivity index (χ1) is 15.4. The van der Waals surface area contributed by atoms with Gasteiger partial charge in [-0.15, -0.1) is 0 Å². The largest absolute Gasteiger partial charge is 0.507 e. The van der Waals surface area contributed by atoms with Crippen LogP contribution >= 0.6 is 0 Å². The fraction of sp³-hybridized carbons (Fsp3) is 0.522. The first kappa shape index (κ1) is 23.2. The molecule has 0 heterocycles. The Kier molecular flexibility index (Phi) is 5.50. The van der Waals surface area contributed by atoms with Crippen molar-refractivity contribution in [1.82, 2.24) is 0 Å². The quantitative estimate of drug-likeness (QED) is 0.382. The lowest BCUT2D eigenvalue weighted by Crippen LogP contribution is -2.66. The van der Waals surface area contributed by atoms with Crippen molar-refractivity contribution in [2.24, 2.45) is 23.5 Å².